The van der Waals surface area contributed by atoms with Gasteiger partial charge in [0.1, 0.15) is 30.6 Å². The van der Waals surface area contributed by atoms with Crippen molar-refractivity contribution in [2.45, 2.75) is 56.8 Å². The smallest absolute Gasteiger partial charge is 0.412 e. The SMILES string of the molecule is CC1(C)OC[C@H]([C@H]2OC(O)[C@H](O)[C@@H]2O)N1C(=O)OCc1ccccc1. The van der Waals surface area contributed by atoms with Crippen LogP contribution in [0.5, 0.6) is 0 Å². The average Bonchev–Trinajstić information content (AvgIpc) is 3.04. The summed E-state index contributed by atoms with van der Waals surface area (Å²) < 4.78 is 16.2. The van der Waals surface area contributed by atoms with Crippen molar-refractivity contribution in [3.05, 3.63) is 35.9 Å². The summed E-state index contributed by atoms with van der Waals surface area (Å²) in [5.41, 5.74) is -0.131. The van der Waals surface area contributed by atoms with Crippen LogP contribution in [0.4, 0.5) is 4.79 Å². The predicted molar refractivity (Wildman–Crippen MR) is 85.2 cm³/mol. The number of ether oxygens (including phenoxy) is 3. The molecule has 0 saturated carbocycles. The summed E-state index contributed by atoms with van der Waals surface area (Å²) in [5, 5.41) is 29.4. The molecule has 8 heteroatoms. The molecule has 2 fully saturated rings. The van der Waals surface area contributed by atoms with E-state index in [9.17, 15) is 20.1 Å². The van der Waals surface area contributed by atoms with Gasteiger partial charge in [0, 0.05) is 0 Å². The van der Waals surface area contributed by atoms with Gasteiger partial charge in [0.25, 0.3) is 0 Å². The molecule has 2 aliphatic rings. The number of nitrogens with zero attached hydrogens (tertiary/aromatic N) is 1. The standard InChI is InChI=1S/C17H23NO7/c1-17(2)18(16(22)23-8-10-6-4-3-5-7-10)11(9-24-17)14-12(19)13(20)15(21)25-14/h3-7,11-15,19-21H,8-9H2,1-2H3/t11-,12+,13-,14-,15?/m1/s1. The zero-order valence-electron chi connectivity index (χ0n) is 14.1. The zero-order valence-corrected chi connectivity index (χ0v) is 14.1. The van der Waals surface area contributed by atoms with Crippen molar-refractivity contribution in [2.75, 3.05) is 6.61 Å². The monoisotopic (exact) mass is 353 g/mol. The van der Waals surface area contributed by atoms with E-state index in [0.29, 0.717) is 0 Å². The van der Waals surface area contributed by atoms with Crippen molar-refractivity contribution < 1.29 is 34.3 Å². The fraction of sp³-hybridized carbons (Fsp3) is 0.588. The van der Waals surface area contributed by atoms with Gasteiger partial charge >= 0.3 is 6.09 Å². The van der Waals surface area contributed by atoms with Crippen LogP contribution < -0.4 is 0 Å². The average molecular weight is 353 g/mol. The van der Waals surface area contributed by atoms with Gasteiger partial charge in [0.05, 0.1) is 12.6 Å². The third kappa shape index (κ3) is 3.49. The first-order valence-corrected chi connectivity index (χ1v) is 8.15. The lowest BCUT2D eigenvalue weighted by Gasteiger charge is -2.35. The molecular weight excluding hydrogens is 330 g/mol. The summed E-state index contributed by atoms with van der Waals surface area (Å²) in [4.78, 5) is 14.0. The highest BCUT2D eigenvalue weighted by molar-refractivity contribution is 5.69. The third-order valence-corrected chi connectivity index (χ3v) is 4.58. The molecule has 0 spiro atoms. The summed E-state index contributed by atoms with van der Waals surface area (Å²) >= 11 is 0. The molecule has 5 atom stereocenters. The van der Waals surface area contributed by atoms with E-state index in [-0.39, 0.29) is 13.2 Å². The van der Waals surface area contributed by atoms with Crippen LogP contribution in [-0.4, -0.2) is 69.3 Å². The highest BCUT2D eigenvalue weighted by Crippen LogP contribution is 2.35. The van der Waals surface area contributed by atoms with E-state index >= 15 is 0 Å². The third-order valence-electron chi connectivity index (χ3n) is 4.58. The van der Waals surface area contributed by atoms with Crippen molar-refractivity contribution in [3.8, 4) is 0 Å². The second-order valence-corrected chi connectivity index (χ2v) is 6.71. The van der Waals surface area contributed by atoms with Gasteiger partial charge in [-0.25, -0.2) is 4.79 Å². The maximum absolute atomic E-state index is 12.6. The number of amides is 1. The minimum absolute atomic E-state index is 0.0919. The quantitative estimate of drug-likeness (QED) is 0.712. The van der Waals surface area contributed by atoms with Crippen LogP contribution in [0.2, 0.25) is 0 Å². The normalized spacial score (nSPS) is 34.3. The number of rotatable bonds is 3. The van der Waals surface area contributed by atoms with E-state index in [1.165, 1.54) is 4.90 Å². The first-order valence-electron chi connectivity index (χ1n) is 8.15. The van der Waals surface area contributed by atoms with E-state index in [0.717, 1.165) is 5.56 Å². The van der Waals surface area contributed by atoms with Crippen molar-refractivity contribution >= 4 is 6.09 Å². The van der Waals surface area contributed by atoms with Crippen molar-refractivity contribution in [2.24, 2.45) is 0 Å². The fourth-order valence-corrected chi connectivity index (χ4v) is 3.22. The summed E-state index contributed by atoms with van der Waals surface area (Å²) in [6, 6.07) is 8.55. The number of hydrogen-bond acceptors (Lipinski definition) is 7. The Morgan fingerprint density at radius 2 is 1.92 bits per heavy atom. The lowest BCUT2D eigenvalue weighted by molar-refractivity contribution is -0.137. The lowest BCUT2D eigenvalue weighted by atomic mass is 10.0. The molecule has 0 bridgehead atoms. The number of aliphatic hydroxyl groups is 3. The Labute approximate surface area is 145 Å². The molecule has 1 unspecified atom stereocenters. The Bertz CT molecular complexity index is 608. The molecule has 0 radical (unpaired) electrons. The Kier molecular flexibility index (Phi) is 4.99. The van der Waals surface area contributed by atoms with Crippen LogP contribution in [0.1, 0.15) is 19.4 Å². The van der Waals surface area contributed by atoms with Crippen LogP contribution in [0.25, 0.3) is 0 Å². The van der Waals surface area contributed by atoms with Crippen molar-refractivity contribution in [1.82, 2.24) is 4.90 Å². The second-order valence-electron chi connectivity index (χ2n) is 6.71. The van der Waals surface area contributed by atoms with Gasteiger partial charge in [-0.1, -0.05) is 30.3 Å². The predicted octanol–water partition coefficient (Wildman–Crippen LogP) is 0.199. The molecule has 3 rings (SSSR count). The number of benzene rings is 1. The highest BCUT2D eigenvalue weighted by atomic mass is 16.6. The molecular formula is C17H23NO7. The zero-order chi connectivity index (χ0) is 18.2. The van der Waals surface area contributed by atoms with Crippen LogP contribution >= 0.6 is 0 Å². The molecule has 25 heavy (non-hydrogen) atoms. The highest BCUT2D eigenvalue weighted by Gasteiger charge is 2.55. The Morgan fingerprint density at radius 1 is 1.24 bits per heavy atom. The lowest BCUT2D eigenvalue weighted by Crippen LogP contribution is -2.54. The van der Waals surface area contributed by atoms with Crippen molar-refractivity contribution in [3.63, 3.8) is 0 Å². The summed E-state index contributed by atoms with van der Waals surface area (Å²) in [6.45, 7) is 3.59. The maximum Gasteiger partial charge on any atom is 0.412 e. The molecule has 1 amide bonds. The van der Waals surface area contributed by atoms with Gasteiger partial charge in [0.15, 0.2) is 6.29 Å². The summed E-state index contributed by atoms with van der Waals surface area (Å²) in [5.74, 6) is 0. The Hall–Kier alpha value is -1.71. The molecule has 2 heterocycles. The number of hydrogen-bond donors (Lipinski definition) is 3. The van der Waals surface area contributed by atoms with Crippen LogP contribution in [-0.2, 0) is 20.8 Å². The van der Waals surface area contributed by atoms with Gasteiger partial charge in [0.2, 0.25) is 0 Å². The second kappa shape index (κ2) is 6.89. The number of aliphatic hydroxyl groups excluding tert-OH is 3. The van der Waals surface area contributed by atoms with Crippen LogP contribution in [0.15, 0.2) is 30.3 Å². The van der Waals surface area contributed by atoms with E-state index < -0.39 is 42.5 Å². The molecule has 8 nitrogen and oxygen atoms in total. The topological polar surface area (TPSA) is 109 Å². The molecule has 0 aromatic heterocycles. The molecule has 138 valence electrons. The molecule has 1 aromatic rings. The van der Waals surface area contributed by atoms with Gasteiger partial charge in [-0.3, -0.25) is 4.90 Å². The van der Waals surface area contributed by atoms with Gasteiger partial charge in [-0.15, -0.1) is 0 Å². The molecule has 0 aliphatic carbocycles. The first kappa shape index (κ1) is 18.1. The van der Waals surface area contributed by atoms with Crippen LogP contribution in [0, 0.1) is 0 Å². The van der Waals surface area contributed by atoms with Gasteiger partial charge in [-0.05, 0) is 19.4 Å². The fourth-order valence-electron chi connectivity index (χ4n) is 3.22. The van der Waals surface area contributed by atoms with Gasteiger partial charge in [-0.2, -0.15) is 0 Å². The number of carbonyl (C=O) groups is 1. The number of carbonyl (C=O) groups excluding carboxylic acids is 1. The molecule has 2 aliphatic heterocycles. The van der Waals surface area contributed by atoms with Crippen molar-refractivity contribution in [1.29, 1.82) is 0 Å². The summed E-state index contributed by atoms with van der Waals surface area (Å²) in [6.07, 6.45) is -5.87. The van der Waals surface area contributed by atoms with Crippen LogP contribution in [0.3, 0.4) is 0 Å². The largest absolute Gasteiger partial charge is 0.444 e. The minimum atomic E-state index is -1.51. The minimum Gasteiger partial charge on any atom is -0.444 e. The van der Waals surface area contributed by atoms with E-state index in [4.69, 9.17) is 14.2 Å². The maximum atomic E-state index is 12.6. The molecule has 1 aromatic carbocycles. The summed E-state index contributed by atoms with van der Waals surface area (Å²) in [7, 11) is 0. The van der Waals surface area contributed by atoms with Gasteiger partial charge < -0.3 is 29.5 Å². The van der Waals surface area contributed by atoms with E-state index in [2.05, 4.69) is 0 Å². The first-order chi connectivity index (χ1) is 11.8. The Morgan fingerprint density at radius 3 is 2.52 bits per heavy atom. The molecule has 2 saturated heterocycles. The Balaban J connectivity index is 1.73. The van der Waals surface area contributed by atoms with E-state index in [1.54, 1.807) is 13.8 Å². The molecule has 3 N–H and O–H groups in total. The van der Waals surface area contributed by atoms with E-state index in [1.807, 2.05) is 30.3 Å².